The summed E-state index contributed by atoms with van der Waals surface area (Å²) in [5, 5.41) is 6.98. The lowest BCUT2D eigenvalue weighted by atomic mass is 10.1. The van der Waals surface area contributed by atoms with Gasteiger partial charge >= 0.3 is 0 Å². The van der Waals surface area contributed by atoms with E-state index in [9.17, 15) is 4.79 Å². The van der Waals surface area contributed by atoms with Crippen LogP contribution in [0, 0.1) is 6.92 Å². The molecular formula is C20H21ClN2OS. The van der Waals surface area contributed by atoms with Gasteiger partial charge in [-0.3, -0.25) is 4.79 Å². The van der Waals surface area contributed by atoms with Crippen molar-refractivity contribution < 1.29 is 0 Å². The molecule has 0 aliphatic heterocycles. The standard InChI is InChI=1S/C20H21ClN2OS/c1-13-5-7-16-10-14(6-8-15(16)9-13)12-25-17-11-22-23(20(2,3)4)19(24)18(17)21/h5-11H,12H2,1-4H3. The minimum atomic E-state index is -0.388. The van der Waals surface area contributed by atoms with Gasteiger partial charge in [0.05, 0.1) is 16.6 Å². The molecular weight excluding hydrogens is 352 g/mol. The maximum absolute atomic E-state index is 12.4. The minimum Gasteiger partial charge on any atom is -0.266 e. The largest absolute Gasteiger partial charge is 0.287 e. The van der Waals surface area contributed by atoms with Crippen LogP contribution in [0.1, 0.15) is 31.9 Å². The number of nitrogens with zero attached hydrogens (tertiary/aromatic N) is 2. The number of benzene rings is 2. The Morgan fingerprint density at radius 3 is 2.52 bits per heavy atom. The van der Waals surface area contributed by atoms with Crippen molar-refractivity contribution in [2.45, 2.75) is 43.9 Å². The first-order valence-electron chi connectivity index (χ1n) is 8.16. The SMILES string of the molecule is Cc1ccc2cc(CSc3cnn(C(C)(C)C)c(=O)c3Cl)ccc2c1. The van der Waals surface area contributed by atoms with E-state index in [0.29, 0.717) is 0 Å². The van der Waals surface area contributed by atoms with Crippen molar-refractivity contribution in [2.75, 3.05) is 0 Å². The Hall–Kier alpha value is -1.78. The first-order chi connectivity index (χ1) is 11.8. The molecule has 2 aromatic carbocycles. The molecule has 0 saturated carbocycles. The fourth-order valence-corrected chi connectivity index (χ4v) is 3.79. The number of thioether (sulfide) groups is 1. The van der Waals surface area contributed by atoms with Gasteiger partial charge < -0.3 is 0 Å². The summed E-state index contributed by atoms with van der Waals surface area (Å²) in [7, 11) is 0. The predicted molar refractivity (Wildman–Crippen MR) is 107 cm³/mol. The van der Waals surface area contributed by atoms with E-state index >= 15 is 0 Å². The molecule has 0 bridgehead atoms. The van der Waals surface area contributed by atoms with E-state index in [0.717, 1.165) is 10.6 Å². The summed E-state index contributed by atoms with van der Waals surface area (Å²) < 4.78 is 1.43. The summed E-state index contributed by atoms with van der Waals surface area (Å²) in [6.45, 7) is 7.89. The van der Waals surface area contributed by atoms with E-state index in [1.165, 1.54) is 38.3 Å². The van der Waals surface area contributed by atoms with Crippen molar-refractivity contribution in [3.05, 3.63) is 69.1 Å². The molecule has 0 aliphatic carbocycles. The van der Waals surface area contributed by atoms with Gasteiger partial charge in [-0.25, -0.2) is 4.68 Å². The van der Waals surface area contributed by atoms with Crippen molar-refractivity contribution in [1.82, 2.24) is 9.78 Å². The molecule has 5 heteroatoms. The maximum Gasteiger partial charge on any atom is 0.287 e. The molecule has 0 amide bonds. The lowest BCUT2D eigenvalue weighted by Gasteiger charge is -2.21. The molecule has 0 atom stereocenters. The smallest absolute Gasteiger partial charge is 0.266 e. The topological polar surface area (TPSA) is 34.9 Å². The Labute approximate surface area is 157 Å². The Kier molecular flexibility index (Phi) is 4.94. The molecule has 0 spiro atoms. The molecule has 130 valence electrons. The molecule has 0 fully saturated rings. The summed E-state index contributed by atoms with van der Waals surface area (Å²) in [6.07, 6.45) is 1.68. The number of halogens is 1. The average molecular weight is 373 g/mol. The van der Waals surface area contributed by atoms with Crippen molar-refractivity contribution >= 4 is 34.1 Å². The number of rotatable bonds is 3. The molecule has 3 rings (SSSR count). The van der Waals surface area contributed by atoms with Crippen LogP contribution in [0.15, 0.2) is 52.3 Å². The van der Waals surface area contributed by atoms with Crippen LogP contribution in [-0.2, 0) is 11.3 Å². The van der Waals surface area contributed by atoms with E-state index in [4.69, 9.17) is 11.6 Å². The monoisotopic (exact) mass is 372 g/mol. The van der Waals surface area contributed by atoms with Crippen LogP contribution in [0.3, 0.4) is 0 Å². The van der Waals surface area contributed by atoms with Crippen molar-refractivity contribution in [2.24, 2.45) is 0 Å². The molecule has 0 unspecified atom stereocenters. The molecule has 0 saturated heterocycles. The Morgan fingerprint density at radius 2 is 1.80 bits per heavy atom. The fraction of sp³-hybridized carbons (Fsp3) is 0.300. The molecule has 0 aliphatic rings. The number of aryl methyl sites for hydroxylation is 1. The average Bonchev–Trinajstić information content (AvgIpc) is 2.55. The van der Waals surface area contributed by atoms with E-state index in [2.05, 4.69) is 48.4 Å². The zero-order valence-corrected chi connectivity index (χ0v) is 16.4. The lowest BCUT2D eigenvalue weighted by molar-refractivity contribution is 0.336. The third kappa shape index (κ3) is 3.91. The third-order valence-corrected chi connectivity index (χ3v) is 5.55. The van der Waals surface area contributed by atoms with Gasteiger partial charge in [0.15, 0.2) is 0 Å². The van der Waals surface area contributed by atoms with Crippen LogP contribution in [0.5, 0.6) is 0 Å². The molecule has 3 nitrogen and oxygen atoms in total. The Balaban J connectivity index is 1.83. The van der Waals surface area contributed by atoms with Crippen LogP contribution in [0.4, 0.5) is 0 Å². The van der Waals surface area contributed by atoms with Crippen molar-refractivity contribution in [3.8, 4) is 0 Å². The van der Waals surface area contributed by atoms with Crippen LogP contribution >= 0.6 is 23.4 Å². The zero-order valence-electron chi connectivity index (χ0n) is 14.8. The molecule has 1 aromatic heterocycles. The van der Waals surface area contributed by atoms with E-state index in [1.807, 2.05) is 20.8 Å². The summed E-state index contributed by atoms with van der Waals surface area (Å²) in [4.78, 5) is 13.1. The van der Waals surface area contributed by atoms with E-state index < -0.39 is 0 Å². The number of fused-ring (bicyclic) bond motifs is 1. The molecule has 1 heterocycles. The molecule has 25 heavy (non-hydrogen) atoms. The lowest BCUT2D eigenvalue weighted by Crippen LogP contribution is -2.36. The van der Waals surface area contributed by atoms with Crippen LogP contribution in [0.2, 0.25) is 5.02 Å². The Morgan fingerprint density at radius 1 is 1.12 bits per heavy atom. The predicted octanol–water partition coefficient (Wildman–Crippen LogP) is 5.41. The minimum absolute atomic E-state index is 0.242. The highest BCUT2D eigenvalue weighted by Crippen LogP contribution is 2.28. The highest BCUT2D eigenvalue weighted by atomic mass is 35.5. The number of hydrogen-bond acceptors (Lipinski definition) is 3. The second-order valence-electron chi connectivity index (χ2n) is 7.18. The van der Waals surface area contributed by atoms with Gasteiger partial charge in [0.2, 0.25) is 0 Å². The van der Waals surface area contributed by atoms with Gasteiger partial charge in [-0.1, -0.05) is 53.6 Å². The summed E-state index contributed by atoms with van der Waals surface area (Å²) >= 11 is 7.83. The van der Waals surface area contributed by atoms with Gasteiger partial charge in [0.25, 0.3) is 5.56 Å². The molecule has 0 N–H and O–H groups in total. The quantitative estimate of drug-likeness (QED) is 0.577. The highest BCUT2D eigenvalue weighted by Gasteiger charge is 2.19. The second-order valence-corrected chi connectivity index (χ2v) is 8.58. The van der Waals surface area contributed by atoms with Gasteiger partial charge in [-0.15, -0.1) is 11.8 Å². The van der Waals surface area contributed by atoms with Gasteiger partial charge in [0, 0.05) is 5.75 Å². The number of hydrogen-bond donors (Lipinski definition) is 0. The fourth-order valence-electron chi connectivity index (χ4n) is 2.66. The molecule has 3 aromatic rings. The summed E-state index contributed by atoms with van der Waals surface area (Å²) in [5.74, 6) is 0.740. The maximum atomic E-state index is 12.4. The van der Waals surface area contributed by atoms with Crippen LogP contribution < -0.4 is 5.56 Å². The van der Waals surface area contributed by atoms with Crippen molar-refractivity contribution in [1.29, 1.82) is 0 Å². The van der Waals surface area contributed by atoms with Crippen LogP contribution in [-0.4, -0.2) is 9.78 Å². The van der Waals surface area contributed by atoms with E-state index in [-0.39, 0.29) is 16.1 Å². The highest BCUT2D eigenvalue weighted by molar-refractivity contribution is 7.98. The third-order valence-electron chi connectivity index (χ3n) is 3.98. The van der Waals surface area contributed by atoms with Gasteiger partial charge in [-0.05, 0) is 44.0 Å². The summed E-state index contributed by atoms with van der Waals surface area (Å²) in [6, 6.07) is 12.9. The van der Waals surface area contributed by atoms with Gasteiger partial charge in [-0.2, -0.15) is 5.10 Å². The van der Waals surface area contributed by atoms with Crippen molar-refractivity contribution in [3.63, 3.8) is 0 Å². The Bertz CT molecular complexity index is 989. The second kappa shape index (κ2) is 6.85. The molecule has 0 radical (unpaired) electrons. The first kappa shape index (κ1) is 18.0. The van der Waals surface area contributed by atoms with E-state index in [1.54, 1.807) is 6.20 Å². The van der Waals surface area contributed by atoms with Gasteiger partial charge in [0.1, 0.15) is 5.02 Å². The van der Waals surface area contributed by atoms with Crippen LogP contribution in [0.25, 0.3) is 10.8 Å². The summed E-state index contributed by atoms with van der Waals surface area (Å²) in [5.41, 5.74) is 1.82. The normalized spacial score (nSPS) is 11.9. The zero-order chi connectivity index (χ0) is 18.2. The number of aromatic nitrogens is 2. The first-order valence-corrected chi connectivity index (χ1v) is 9.52.